The molecule has 0 bridgehead atoms. The Kier molecular flexibility index (Phi) is 5.43. The first-order valence-corrected chi connectivity index (χ1v) is 10.1. The molecule has 9 heteroatoms. The molecule has 1 fully saturated rings. The Bertz CT molecular complexity index is 1060. The number of aromatic nitrogens is 4. The number of rotatable bonds is 5. The molecule has 30 heavy (non-hydrogen) atoms. The lowest BCUT2D eigenvalue weighted by Crippen LogP contribution is -2.41. The molecule has 4 rings (SSSR count). The summed E-state index contributed by atoms with van der Waals surface area (Å²) in [5, 5.41) is 17.8. The van der Waals surface area contributed by atoms with Crippen LogP contribution >= 0.6 is 0 Å². The number of nitrogens with zero attached hydrogens (tertiary/aromatic N) is 5. The average molecular weight is 410 g/mol. The van der Waals surface area contributed by atoms with E-state index in [9.17, 15) is 4.79 Å². The van der Waals surface area contributed by atoms with Crippen LogP contribution in [-0.4, -0.2) is 61.1 Å². The van der Waals surface area contributed by atoms with Gasteiger partial charge in [-0.2, -0.15) is 5.10 Å². The average Bonchev–Trinajstić information content (AvgIpc) is 3.13. The van der Waals surface area contributed by atoms with Crippen molar-refractivity contribution in [2.24, 2.45) is 0 Å². The molecule has 1 amide bonds. The summed E-state index contributed by atoms with van der Waals surface area (Å²) in [6.07, 6.45) is 3.50. The number of anilines is 1. The normalized spacial score (nSPS) is 15.0. The number of piperidine rings is 1. The summed E-state index contributed by atoms with van der Waals surface area (Å²) in [6.45, 7) is 7.18. The number of likely N-dealkylation sites (tertiary alicyclic amines) is 1. The van der Waals surface area contributed by atoms with E-state index in [2.05, 4.69) is 40.3 Å². The second-order valence-electron chi connectivity index (χ2n) is 7.86. The number of carboxylic acid groups (broad SMARTS) is 1. The van der Waals surface area contributed by atoms with E-state index in [0.717, 1.165) is 22.3 Å². The van der Waals surface area contributed by atoms with Crippen molar-refractivity contribution in [2.75, 3.05) is 18.4 Å². The fourth-order valence-electron chi connectivity index (χ4n) is 3.73. The zero-order valence-electron chi connectivity index (χ0n) is 17.4. The maximum absolute atomic E-state index is 11.1. The second kappa shape index (κ2) is 8.17. The second-order valence-corrected chi connectivity index (χ2v) is 7.86. The summed E-state index contributed by atoms with van der Waals surface area (Å²) in [6, 6.07) is 6.51. The van der Waals surface area contributed by atoms with Gasteiger partial charge in [0.25, 0.3) is 0 Å². The fourth-order valence-corrected chi connectivity index (χ4v) is 3.73. The number of nitrogens with one attached hydrogen (secondary N) is 1. The smallest absolute Gasteiger partial charge is 0.407 e. The largest absolute Gasteiger partial charge is 0.474 e. The Labute approximate surface area is 174 Å². The van der Waals surface area contributed by atoms with Gasteiger partial charge in [0.05, 0.1) is 11.9 Å². The number of aryl methyl sites for hydroxylation is 1. The summed E-state index contributed by atoms with van der Waals surface area (Å²) in [5.74, 6) is 0.482. The lowest BCUT2D eigenvalue weighted by Gasteiger charge is -2.29. The molecule has 0 spiro atoms. The summed E-state index contributed by atoms with van der Waals surface area (Å²) >= 11 is 0. The molecule has 158 valence electrons. The van der Waals surface area contributed by atoms with Crippen molar-refractivity contribution in [3.63, 3.8) is 0 Å². The fraction of sp³-hybridized carbons (Fsp3) is 0.429. The van der Waals surface area contributed by atoms with Gasteiger partial charge in [0.1, 0.15) is 17.8 Å². The van der Waals surface area contributed by atoms with Crippen LogP contribution in [0.4, 0.5) is 10.5 Å². The Morgan fingerprint density at radius 1 is 1.27 bits per heavy atom. The first kappa shape index (κ1) is 19.9. The van der Waals surface area contributed by atoms with E-state index >= 15 is 0 Å². The molecule has 2 aromatic heterocycles. The number of fused-ring (bicyclic) bond motifs is 1. The minimum atomic E-state index is -0.885. The molecule has 1 aliphatic rings. The van der Waals surface area contributed by atoms with Crippen LogP contribution in [0.15, 0.2) is 30.7 Å². The van der Waals surface area contributed by atoms with E-state index in [1.54, 1.807) is 10.9 Å². The van der Waals surface area contributed by atoms with Crippen molar-refractivity contribution >= 4 is 22.8 Å². The lowest BCUT2D eigenvalue weighted by atomic mass is 10.1. The van der Waals surface area contributed by atoms with E-state index in [1.807, 2.05) is 19.1 Å². The van der Waals surface area contributed by atoms with Gasteiger partial charge < -0.3 is 20.1 Å². The number of amides is 1. The van der Waals surface area contributed by atoms with Crippen LogP contribution in [0, 0.1) is 6.92 Å². The molecule has 0 unspecified atom stereocenters. The lowest BCUT2D eigenvalue weighted by molar-refractivity contribution is 0.0879. The van der Waals surface area contributed by atoms with Crippen molar-refractivity contribution < 1.29 is 14.6 Å². The van der Waals surface area contributed by atoms with Gasteiger partial charge >= 0.3 is 6.09 Å². The van der Waals surface area contributed by atoms with Gasteiger partial charge in [-0.25, -0.2) is 19.4 Å². The van der Waals surface area contributed by atoms with Crippen molar-refractivity contribution in [1.29, 1.82) is 0 Å². The molecule has 1 saturated heterocycles. The maximum Gasteiger partial charge on any atom is 0.407 e. The van der Waals surface area contributed by atoms with Crippen molar-refractivity contribution in [3.05, 3.63) is 36.3 Å². The predicted octanol–water partition coefficient (Wildman–Crippen LogP) is 3.47. The minimum absolute atomic E-state index is 0.0785. The Hall–Kier alpha value is -3.36. The molecule has 1 aliphatic heterocycles. The van der Waals surface area contributed by atoms with E-state index < -0.39 is 6.09 Å². The van der Waals surface area contributed by atoms with Crippen LogP contribution in [0.1, 0.15) is 32.3 Å². The molecule has 9 nitrogen and oxygen atoms in total. The quantitative estimate of drug-likeness (QED) is 0.663. The molecule has 0 radical (unpaired) electrons. The molecule has 1 aromatic carbocycles. The van der Waals surface area contributed by atoms with Crippen LogP contribution in [0.25, 0.3) is 16.7 Å². The number of benzene rings is 1. The number of hydrogen-bond donors (Lipinski definition) is 2. The molecule has 2 N–H and O–H groups in total. The summed E-state index contributed by atoms with van der Waals surface area (Å²) in [7, 11) is 0. The standard InChI is InChI=1S/C21H26N6O3/c1-13(2)25-15-4-5-18(14(3)10-15)27-19-17(11-24-27)20(23-12-22-19)30-16-6-8-26(9-7-16)21(28)29/h4-5,10-13,16,25H,6-9H2,1-3H3,(H,28,29). The topological polar surface area (TPSA) is 105 Å². The third kappa shape index (κ3) is 4.00. The van der Waals surface area contributed by atoms with Gasteiger partial charge in [-0.05, 0) is 44.5 Å². The molecular formula is C21H26N6O3. The third-order valence-corrected chi connectivity index (χ3v) is 5.20. The first-order valence-electron chi connectivity index (χ1n) is 10.1. The van der Waals surface area contributed by atoms with Crippen molar-refractivity contribution in [2.45, 2.75) is 45.8 Å². The van der Waals surface area contributed by atoms with Crippen LogP contribution in [0.5, 0.6) is 5.88 Å². The predicted molar refractivity (Wildman–Crippen MR) is 113 cm³/mol. The van der Waals surface area contributed by atoms with Gasteiger partial charge in [0.15, 0.2) is 5.65 Å². The zero-order valence-corrected chi connectivity index (χ0v) is 17.4. The Balaban J connectivity index is 1.58. The highest BCUT2D eigenvalue weighted by molar-refractivity contribution is 5.81. The van der Waals surface area contributed by atoms with E-state index in [1.165, 1.54) is 11.2 Å². The molecule has 0 aliphatic carbocycles. The van der Waals surface area contributed by atoms with Gasteiger partial charge in [-0.15, -0.1) is 0 Å². The molecule has 3 aromatic rings. The zero-order chi connectivity index (χ0) is 21.3. The van der Waals surface area contributed by atoms with Crippen LogP contribution in [0.2, 0.25) is 0 Å². The summed E-state index contributed by atoms with van der Waals surface area (Å²) in [5.41, 5.74) is 3.76. The third-order valence-electron chi connectivity index (χ3n) is 5.20. The first-order chi connectivity index (χ1) is 14.4. The molecule has 3 heterocycles. The number of ether oxygens (including phenoxy) is 1. The highest BCUT2D eigenvalue weighted by atomic mass is 16.5. The van der Waals surface area contributed by atoms with Crippen LogP contribution < -0.4 is 10.1 Å². The maximum atomic E-state index is 11.1. The van der Waals surface area contributed by atoms with Crippen LogP contribution in [0.3, 0.4) is 0 Å². The van der Waals surface area contributed by atoms with Crippen molar-refractivity contribution in [1.82, 2.24) is 24.6 Å². The van der Waals surface area contributed by atoms with E-state index in [4.69, 9.17) is 9.84 Å². The van der Waals surface area contributed by atoms with Crippen molar-refractivity contribution in [3.8, 4) is 11.6 Å². The van der Waals surface area contributed by atoms with E-state index in [-0.39, 0.29) is 6.10 Å². The van der Waals surface area contributed by atoms with Gasteiger partial charge in [-0.1, -0.05) is 0 Å². The highest BCUT2D eigenvalue weighted by Gasteiger charge is 2.25. The monoisotopic (exact) mass is 410 g/mol. The van der Waals surface area contributed by atoms with Gasteiger partial charge in [-0.3, -0.25) is 0 Å². The van der Waals surface area contributed by atoms with Gasteiger partial charge in [0, 0.05) is 37.7 Å². The summed E-state index contributed by atoms with van der Waals surface area (Å²) in [4.78, 5) is 21.2. The number of carbonyl (C=O) groups is 1. The number of hydrogen-bond acceptors (Lipinski definition) is 6. The minimum Gasteiger partial charge on any atom is -0.474 e. The Morgan fingerprint density at radius 3 is 2.70 bits per heavy atom. The summed E-state index contributed by atoms with van der Waals surface area (Å²) < 4.78 is 7.90. The molecule has 0 atom stereocenters. The van der Waals surface area contributed by atoms with Gasteiger partial charge in [0.2, 0.25) is 5.88 Å². The molecular weight excluding hydrogens is 384 g/mol. The SMILES string of the molecule is Cc1cc(NC(C)C)ccc1-n1ncc2c(OC3CCN(C(=O)O)CC3)ncnc21. The Morgan fingerprint density at radius 2 is 2.03 bits per heavy atom. The molecule has 0 saturated carbocycles. The van der Waals surface area contributed by atoms with Crippen LogP contribution in [-0.2, 0) is 0 Å². The van der Waals surface area contributed by atoms with E-state index in [0.29, 0.717) is 43.5 Å². The highest BCUT2D eigenvalue weighted by Crippen LogP contribution is 2.28.